The Bertz CT molecular complexity index is 2090. The SMILES string of the molecule is Cc1ncoc1-c1c(CCc2ccc(F)cc2)nc2c(c1-c1ccc(C(=O)NCc3ccc(F)c(F)c3)s1)S(=O)(=O)N1CCCC21. The highest BCUT2D eigenvalue weighted by molar-refractivity contribution is 7.89. The molecule has 0 spiro atoms. The van der Waals surface area contributed by atoms with Gasteiger partial charge >= 0.3 is 0 Å². The van der Waals surface area contributed by atoms with Crippen LogP contribution in [0.3, 0.4) is 0 Å². The summed E-state index contributed by atoms with van der Waals surface area (Å²) >= 11 is 1.11. The molecule has 1 saturated heterocycles. The number of thiophene rings is 1. The molecule has 46 heavy (non-hydrogen) atoms. The molecule has 8 nitrogen and oxygen atoms in total. The number of hydrogen-bond acceptors (Lipinski definition) is 7. The highest BCUT2D eigenvalue weighted by atomic mass is 32.2. The van der Waals surface area contributed by atoms with Crippen LogP contribution in [-0.2, 0) is 29.4 Å². The molecule has 0 radical (unpaired) electrons. The number of sulfonamides is 1. The maximum atomic E-state index is 14.1. The quantitative estimate of drug-likeness (QED) is 0.197. The summed E-state index contributed by atoms with van der Waals surface area (Å²) in [6.45, 7) is 2.11. The molecule has 1 atom stereocenters. The number of amides is 1. The van der Waals surface area contributed by atoms with Crippen LogP contribution in [0.2, 0.25) is 0 Å². The number of halogens is 3. The number of nitrogens with zero attached hydrogens (tertiary/aromatic N) is 3. The largest absolute Gasteiger partial charge is 0.443 e. The van der Waals surface area contributed by atoms with Crippen molar-refractivity contribution in [3.63, 3.8) is 0 Å². The topological polar surface area (TPSA) is 105 Å². The molecule has 3 aromatic heterocycles. The van der Waals surface area contributed by atoms with Crippen LogP contribution in [0.5, 0.6) is 0 Å². The normalized spacial score (nSPS) is 16.8. The first-order chi connectivity index (χ1) is 22.1. The molecule has 236 valence electrons. The predicted molar refractivity (Wildman–Crippen MR) is 165 cm³/mol. The molecule has 1 fully saturated rings. The van der Waals surface area contributed by atoms with Crippen LogP contribution in [0, 0.1) is 24.4 Å². The number of benzene rings is 2. The number of aryl methyl sites for hydroxylation is 3. The minimum absolute atomic E-state index is 0.0328. The average Bonchev–Trinajstić information content (AvgIpc) is 3.84. The monoisotopic (exact) mass is 664 g/mol. The third-order valence-corrected chi connectivity index (χ3v) is 11.5. The van der Waals surface area contributed by atoms with E-state index in [1.54, 1.807) is 31.2 Å². The predicted octanol–water partition coefficient (Wildman–Crippen LogP) is 6.75. The lowest BCUT2D eigenvalue weighted by Gasteiger charge is -2.17. The van der Waals surface area contributed by atoms with Crippen LogP contribution < -0.4 is 5.32 Å². The molecular formula is C33H27F3N4O4S2. The van der Waals surface area contributed by atoms with E-state index in [0.717, 1.165) is 35.5 Å². The van der Waals surface area contributed by atoms with Crippen LogP contribution in [0.4, 0.5) is 13.2 Å². The van der Waals surface area contributed by atoms with Crippen LogP contribution in [0.15, 0.2) is 70.3 Å². The van der Waals surface area contributed by atoms with Crippen molar-refractivity contribution in [3.8, 4) is 21.8 Å². The number of fused-ring (bicyclic) bond motifs is 3. The molecule has 0 bridgehead atoms. The zero-order valence-corrected chi connectivity index (χ0v) is 26.2. The van der Waals surface area contributed by atoms with Gasteiger partial charge in [0.05, 0.1) is 33.6 Å². The Morgan fingerprint density at radius 2 is 1.80 bits per heavy atom. The van der Waals surface area contributed by atoms with E-state index in [-0.39, 0.29) is 17.3 Å². The van der Waals surface area contributed by atoms with Gasteiger partial charge in [0.15, 0.2) is 23.8 Å². The van der Waals surface area contributed by atoms with Crippen molar-refractivity contribution in [1.82, 2.24) is 19.6 Å². The Hall–Kier alpha value is -4.33. The molecule has 0 aliphatic carbocycles. The number of aromatic nitrogens is 2. The smallest absolute Gasteiger partial charge is 0.261 e. The van der Waals surface area contributed by atoms with Gasteiger partial charge in [-0.25, -0.2) is 26.6 Å². The number of carbonyl (C=O) groups is 1. The van der Waals surface area contributed by atoms with Crippen LogP contribution in [0.1, 0.15) is 56.8 Å². The first-order valence-corrected chi connectivity index (χ1v) is 16.9. The molecule has 0 saturated carbocycles. The van der Waals surface area contributed by atoms with Crippen molar-refractivity contribution in [2.45, 2.75) is 50.1 Å². The standard InChI is InChI=1S/C33H27F3N4O4S2/c1-18-31(44-17-38-18)28-24(11-7-19-4-8-21(34)9-5-19)39-30-25-3-2-14-40(25)46(42,43)32(30)29(28)26-12-13-27(45-26)33(41)37-16-20-6-10-22(35)23(36)15-20/h4-6,8-10,12-13,15,17,25H,2-3,7,11,14,16H2,1H3,(H,37,41). The molecule has 1 N–H and O–H groups in total. The number of oxazole rings is 1. The van der Waals surface area contributed by atoms with Crippen molar-refractivity contribution in [2.24, 2.45) is 0 Å². The zero-order valence-electron chi connectivity index (χ0n) is 24.5. The maximum Gasteiger partial charge on any atom is 0.261 e. The van der Waals surface area contributed by atoms with Gasteiger partial charge in [-0.3, -0.25) is 9.78 Å². The Labute approximate surface area is 267 Å². The van der Waals surface area contributed by atoms with Gasteiger partial charge in [-0.05, 0) is 80.1 Å². The molecule has 1 amide bonds. The van der Waals surface area contributed by atoms with Crippen molar-refractivity contribution in [2.75, 3.05) is 6.54 Å². The molecular weight excluding hydrogens is 638 g/mol. The number of nitrogens with one attached hydrogen (secondary N) is 1. The molecule has 13 heteroatoms. The van der Waals surface area contributed by atoms with Crippen molar-refractivity contribution >= 4 is 27.3 Å². The van der Waals surface area contributed by atoms with Crippen molar-refractivity contribution in [3.05, 3.63) is 112 Å². The lowest BCUT2D eigenvalue weighted by molar-refractivity contribution is 0.0955. The zero-order chi connectivity index (χ0) is 32.2. The Morgan fingerprint density at radius 3 is 2.54 bits per heavy atom. The number of carbonyl (C=O) groups excluding carboxylic acids is 1. The van der Waals surface area contributed by atoms with E-state index in [9.17, 15) is 26.4 Å². The summed E-state index contributed by atoms with van der Waals surface area (Å²) in [4.78, 5) is 23.4. The van der Waals surface area contributed by atoms with E-state index >= 15 is 0 Å². The highest BCUT2D eigenvalue weighted by Gasteiger charge is 2.49. The second kappa shape index (κ2) is 11.8. The molecule has 2 aliphatic heterocycles. The van der Waals surface area contributed by atoms with Crippen LogP contribution >= 0.6 is 11.3 Å². The van der Waals surface area contributed by atoms with Gasteiger partial charge in [-0.1, -0.05) is 18.2 Å². The summed E-state index contributed by atoms with van der Waals surface area (Å²) in [5, 5.41) is 2.72. The van der Waals surface area contributed by atoms with Gasteiger partial charge in [0, 0.05) is 23.5 Å². The summed E-state index contributed by atoms with van der Waals surface area (Å²) in [6.07, 6.45) is 3.56. The third-order valence-electron chi connectivity index (χ3n) is 8.39. The van der Waals surface area contributed by atoms with Gasteiger partial charge in [0.25, 0.3) is 5.91 Å². The molecule has 5 aromatic rings. The summed E-state index contributed by atoms with van der Waals surface area (Å²) in [5.41, 5.74) is 3.78. The number of rotatable bonds is 8. The summed E-state index contributed by atoms with van der Waals surface area (Å²) in [6, 6.07) is 12.5. The van der Waals surface area contributed by atoms with Gasteiger partial charge in [-0.2, -0.15) is 4.31 Å². The van der Waals surface area contributed by atoms with Gasteiger partial charge < -0.3 is 9.73 Å². The van der Waals surface area contributed by atoms with Crippen molar-refractivity contribution < 1.29 is 30.8 Å². The van der Waals surface area contributed by atoms with Gasteiger partial charge in [-0.15, -0.1) is 11.3 Å². The highest BCUT2D eigenvalue weighted by Crippen LogP contribution is 2.53. The second-order valence-electron chi connectivity index (χ2n) is 11.3. The number of hydrogen-bond donors (Lipinski definition) is 1. The first kappa shape index (κ1) is 30.3. The summed E-state index contributed by atoms with van der Waals surface area (Å²) in [7, 11) is -3.93. The average molecular weight is 665 g/mol. The first-order valence-electron chi connectivity index (χ1n) is 14.7. The Balaban J connectivity index is 1.34. The fourth-order valence-electron chi connectivity index (χ4n) is 6.17. The lowest BCUT2D eigenvalue weighted by Crippen LogP contribution is -2.23. The van der Waals surface area contributed by atoms with E-state index in [0.29, 0.717) is 75.1 Å². The maximum absolute atomic E-state index is 14.1. The fraction of sp³-hybridized carbons (Fsp3) is 0.242. The third kappa shape index (κ3) is 5.31. The van der Waals surface area contributed by atoms with Crippen LogP contribution in [0.25, 0.3) is 21.8 Å². The van der Waals surface area contributed by atoms with Crippen molar-refractivity contribution in [1.29, 1.82) is 0 Å². The lowest BCUT2D eigenvalue weighted by atomic mass is 9.95. The Morgan fingerprint density at radius 1 is 1.02 bits per heavy atom. The Kier molecular flexibility index (Phi) is 7.78. The van der Waals surface area contributed by atoms with E-state index in [1.165, 1.54) is 28.9 Å². The van der Waals surface area contributed by atoms with E-state index in [1.807, 2.05) is 0 Å². The summed E-state index contributed by atoms with van der Waals surface area (Å²) < 4.78 is 76.2. The minimum Gasteiger partial charge on any atom is -0.443 e. The molecule has 2 aliphatic rings. The van der Waals surface area contributed by atoms with E-state index < -0.39 is 33.6 Å². The molecule has 1 unspecified atom stereocenters. The van der Waals surface area contributed by atoms with Crippen LogP contribution in [-0.4, -0.2) is 35.1 Å². The molecule has 2 aromatic carbocycles. The van der Waals surface area contributed by atoms with E-state index in [2.05, 4.69) is 10.3 Å². The van der Waals surface area contributed by atoms with E-state index in [4.69, 9.17) is 9.40 Å². The molecule has 5 heterocycles. The molecule has 7 rings (SSSR count). The summed E-state index contributed by atoms with van der Waals surface area (Å²) in [5.74, 6) is -2.41. The second-order valence-corrected chi connectivity index (χ2v) is 14.2. The van der Waals surface area contributed by atoms with Gasteiger partial charge in [0.1, 0.15) is 10.7 Å². The fourth-order valence-corrected chi connectivity index (χ4v) is 9.28. The minimum atomic E-state index is -3.93. The van der Waals surface area contributed by atoms with Gasteiger partial charge in [0.2, 0.25) is 10.0 Å². The number of pyridine rings is 1.